The molecule has 1 atom stereocenters. The van der Waals surface area contributed by atoms with Gasteiger partial charge in [0.15, 0.2) is 0 Å². The fourth-order valence-electron chi connectivity index (χ4n) is 1.01. The van der Waals surface area contributed by atoms with Crippen LogP contribution < -0.4 is 10.7 Å². The molecule has 0 fully saturated rings. The van der Waals surface area contributed by atoms with Crippen molar-refractivity contribution in [2.45, 2.75) is 18.9 Å². The predicted molar refractivity (Wildman–Crippen MR) is 50.9 cm³/mol. The van der Waals surface area contributed by atoms with Crippen molar-refractivity contribution in [2.75, 3.05) is 13.2 Å². The lowest BCUT2D eigenvalue weighted by molar-refractivity contribution is -0.121. The van der Waals surface area contributed by atoms with Gasteiger partial charge in [-0.1, -0.05) is 0 Å². The summed E-state index contributed by atoms with van der Waals surface area (Å²) in [5.74, 6) is -0.663. The highest BCUT2D eigenvalue weighted by atomic mass is 16.3. The Balaban J connectivity index is 2.37. The molecule has 7 nitrogen and oxygen atoms in total. The Hall–Kier alpha value is -1.47. The van der Waals surface area contributed by atoms with Gasteiger partial charge in [-0.3, -0.25) is 9.59 Å². The van der Waals surface area contributed by atoms with Gasteiger partial charge in [-0.15, -0.1) is 0 Å². The van der Waals surface area contributed by atoms with Gasteiger partial charge in [-0.2, -0.15) is 5.10 Å². The first-order chi connectivity index (χ1) is 7.13. The van der Waals surface area contributed by atoms with Crippen LogP contribution in [0.1, 0.15) is 12.8 Å². The number of hydrogen-bond donors (Lipinski definition) is 4. The number of rotatable bonds is 4. The van der Waals surface area contributed by atoms with E-state index in [1.54, 1.807) is 0 Å². The van der Waals surface area contributed by atoms with Gasteiger partial charge in [-0.25, -0.2) is 5.43 Å². The minimum atomic E-state index is -0.979. The number of carbonyl (C=O) groups is 2. The van der Waals surface area contributed by atoms with Gasteiger partial charge in [0.1, 0.15) is 5.71 Å². The lowest BCUT2D eigenvalue weighted by Crippen LogP contribution is -2.40. The van der Waals surface area contributed by atoms with E-state index in [4.69, 9.17) is 10.2 Å². The van der Waals surface area contributed by atoms with E-state index in [9.17, 15) is 9.59 Å². The molecule has 0 radical (unpaired) electrons. The zero-order chi connectivity index (χ0) is 11.3. The zero-order valence-corrected chi connectivity index (χ0v) is 8.06. The fourth-order valence-corrected chi connectivity index (χ4v) is 1.01. The molecule has 1 aliphatic rings. The van der Waals surface area contributed by atoms with Crippen LogP contribution in [0.2, 0.25) is 0 Å². The van der Waals surface area contributed by atoms with Gasteiger partial charge >= 0.3 is 0 Å². The third-order valence-electron chi connectivity index (χ3n) is 1.88. The van der Waals surface area contributed by atoms with Crippen LogP contribution in [0.25, 0.3) is 0 Å². The van der Waals surface area contributed by atoms with E-state index >= 15 is 0 Å². The Morgan fingerprint density at radius 3 is 2.87 bits per heavy atom. The molecule has 1 rings (SSSR count). The summed E-state index contributed by atoms with van der Waals surface area (Å²) in [6.45, 7) is -0.453. The van der Waals surface area contributed by atoms with E-state index in [0.29, 0.717) is 0 Å². The molecule has 0 bridgehead atoms. The number of amides is 2. The maximum absolute atomic E-state index is 11.3. The largest absolute Gasteiger partial charge is 0.394 e. The van der Waals surface area contributed by atoms with Crippen molar-refractivity contribution in [3.63, 3.8) is 0 Å². The molecule has 0 aliphatic carbocycles. The van der Waals surface area contributed by atoms with Crippen LogP contribution in [0.3, 0.4) is 0 Å². The van der Waals surface area contributed by atoms with Crippen molar-refractivity contribution < 1.29 is 19.8 Å². The predicted octanol–water partition coefficient (Wildman–Crippen LogP) is -2.28. The number of aliphatic hydroxyl groups excluding tert-OH is 2. The van der Waals surface area contributed by atoms with Gasteiger partial charge in [0.05, 0.1) is 12.7 Å². The molecule has 15 heavy (non-hydrogen) atoms. The number of carbonyl (C=O) groups excluding carboxylic acids is 2. The lowest BCUT2D eigenvalue weighted by Gasteiger charge is -2.13. The second-order valence-electron chi connectivity index (χ2n) is 3.14. The third-order valence-corrected chi connectivity index (χ3v) is 1.88. The molecule has 0 saturated heterocycles. The summed E-state index contributed by atoms with van der Waals surface area (Å²) < 4.78 is 0. The topological polar surface area (TPSA) is 111 Å². The zero-order valence-electron chi connectivity index (χ0n) is 8.06. The fraction of sp³-hybridized carbons (Fsp3) is 0.625. The molecule has 84 valence electrons. The summed E-state index contributed by atoms with van der Waals surface area (Å²) in [5, 5.41) is 23.4. The first-order valence-electron chi connectivity index (χ1n) is 4.56. The Labute approximate surface area is 86.2 Å². The molecular weight excluding hydrogens is 202 g/mol. The van der Waals surface area contributed by atoms with Crippen LogP contribution >= 0.6 is 0 Å². The number of hydrogen-bond acceptors (Lipinski definition) is 5. The first-order valence-corrected chi connectivity index (χ1v) is 4.56. The van der Waals surface area contributed by atoms with Crippen LogP contribution in [0.4, 0.5) is 0 Å². The molecule has 0 aromatic carbocycles. The average Bonchev–Trinajstić information content (AvgIpc) is 2.26. The Bertz CT molecular complexity index is 290. The van der Waals surface area contributed by atoms with Gasteiger partial charge in [0.25, 0.3) is 5.91 Å². The monoisotopic (exact) mass is 215 g/mol. The standard InChI is InChI=1S/C8H13N3O4/c12-4-5(13)3-9-8(15)6-1-2-7(14)11-10-6/h5,12-13H,1-4H2,(H,9,15)(H,11,14). The molecule has 1 unspecified atom stereocenters. The highest BCUT2D eigenvalue weighted by Gasteiger charge is 2.18. The van der Waals surface area contributed by atoms with E-state index in [-0.39, 0.29) is 31.0 Å². The second kappa shape index (κ2) is 5.42. The van der Waals surface area contributed by atoms with Crippen molar-refractivity contribution in [3.8, 4) is 0 Å². The molecule has 0 aromatic rings. The highest BCUT2D eigenvalue weighted by molar-refractivity contribution is 6.39. The minimum absolute atomic E-state index is 0.0394. The molecule has 1 aliphatic heterocycles. The van der Waals surface area contributed by atoms with E-state index in [0.717, 1.165) is 0 Å². The molecular formula is C8H13N3O4. The summed E-state index contributed by atoms with van der Waals surface area (Å²) in [6, 6.07) is 0. The van der Waals surface area contributed by atoms with Gasteiger partial charge in [0, 0.05) is 19.4 Å². The first kappa shape index (κ1) is 11.6. The van der Waals surface area contributed by atoms with Crippen molar-refractivity contribution in [1.82, 2.24) is 10.7 Å². The van der Waals surface area contributed by atoms with E-state index in [2.05, 4.69) is 15.8 Å². The van der Waals surface area contributed by atoms with Crippen LogP contribution in [0, 0.1) is 0 Å². The molecule has 2 amide bonds. The number of aliphatic hydroxyl groups is 2. The van der Waals surface area contributed by atoms with Crippen molar-refractivity contribution >= 4 is 17.5 Å². The highest BCUT2D eigenvalue weighted by Crippen LogP contribution is 1.99. The summed E-state index contributed by atoms with van der Waals surface area (Å²) >= 11 is 0. The normalized spacial score (nSPS) is 17.7. The van der Waals surface area contributed by atoms with E-state index in [1.807, 2.05) is 0 Å². The number of nitrogens with one attached hydrogen (secondary N) is 2. The molecule has 0 spiro atoms. The quantitative estimate of drug-likeness (QED) is 0.423. The van der Waals surface area contributed by atoms with Gasteiger partial charge in [0.2, 0.25) is 5.91 Å². The molecule has 0 aromatic heterocycles. The van der Waals surface area contributed by atoms with Gasteiger partial charge < -0.3 is 15.5 Å². The third kappa shape index (κ3) is 3.64. The molecule has 1 heterocycles. The Morgan fingerprint density at radius 1 is 1.60 bits per heavy atom. The molecule has 4 N–H and O–H groups in total. The van der Waals surface area contributed by atoms with Crippen LogP contribution in [-0.2, 0) is 9.59 Å². The smallest absolute Gasteiger partial charge is 0.267 e. The molecule has 0 saturated carbocycles. The summed E-state index contributed by atoms with van der Waals surface area (Å²) in [7, 11) is 0. The van der Waals surface area contributed by atoms with Crippen molar-refractivity contribution in [1.29, 1.82) is 0 Å². The average molecular weight is 215 g/mol. The van der Waals surface area contributed by atoms with Crippen molar-refractivity contribution in [3.05, 3.63) is 0 Å². The van der Waals surface area contributed by atoms with Crippen LogP contribution in [0.5, 0.6) is 0 Å². The summed E-state index contributed by atoms with van der Waals surface area (Å²) in [4.78, 5) is 22.1. The lowest BCUT2D eigenvalue weighted by atomic mass is 10.1. The second-order valence-corrected chi connectivity index (χ2v) is 3.14. The van der Waals surface area contributed by atoms with E-state index in [1.165, 1.54) is 0 Å². The minimum Gasteiger partial charge on any atom is -0.394 e. The Kier molecular flexibility index (Phi) is 4.19. The Morgan fingerprint density at radius 2 is 2.33 bits per heavy atom. The maximum Gasteiger partial charge on any atom is 0.267 e. The number of hydrazone groups is 1. The van der Waals surface area contributed by atoms with E-state index < -0.39 is 18.6 Å². The SMILES string of the molecule is O=C1CCC(C(=O)NCC(O)CO)=NN1. The van der Waals surface area contributed by atoms with Crippen molar-refractivity contribution in [2.24, 2.45) is 5.10 Å². The number of nitrogens with zero attached hydrogens (tertiary/aromatic N) is 1. The summed E-state index contributed by atoms with van der Waals surface area (Å²) in [5.41, 5.74) is 2.41. The van der Waals surface area contributed by atoms with Crippen LogP contribution in [-0.4, -0.2) is 47.0 Å². The molecule has 7 heteroatoms. The summed E-state index contributed by atoms with van der Waals surface area (Å²) in [6.07, 6.45) is -0.463. The maximum atomic E-state index is 11.3. The van der Waals surface area contributed by atoms with Gasteiger partial charge in [-0.05, 0) is 0 Å². The van der Waals surface area contributed by atoms with Crippen LogP contribution in [0.15, 0.2) is 5.10 Å².